The molecule has 2 aromatic rings. The highest BCUT2D eigenvalue weighted by molar-refractivity contribution is 7.85. The van der Waals surface area contributed by atoms with Gasteiger partial charge in [0.15, 0.2) is 10.8 Å². The number of aromatic nitrogens is 3. The van der Waals surface area contributed by atoms with Crippen LogP contribution >= 0.6 is 0 Å². The molecule has 0 saturated heterocycles. The van der Waals surface area contributed by atoms with Crippen molar-refractivity contribution >= 4 is 16.4 Å². The van der Waals surface area contributed by atoms with E-state index in [9.17, 15) is 17.4 Å². The van der Waals surface area contributed by atoms with Crippen LogP contribution in [0.4, 0.5) is 13.2 Å². The van der Waals surface area contributed by atoms with Crippen LogP contribution in [0.5, 0.6) is 0 Å². The molecule has 0 aliphatic rings. The fourth-order valence-corrected chi connectivity index (χ4v) is 2.57. The zero-order chi connectivity index (χ0) is 15.3. The Morgan fingerprint density at radius 2 is 1.85 bits per heavy atom. The summed E-state index contributed by atoms with van der Waals surface area (Å²) >= 11 is 0. The van der Waals surface area contributed by atoms with Gasteiger partial charge in [0.25, 0.3) is 0 Å². The molecule has 1 unspecified atom stereocenters. The number of hydrogen-bond donors (Lipinski definition) is 0. The van der Waals surface area contributed by atoms with E-state index < -0.39 is 21.3 Å². The molecule has 0 amide bonds. The predicted octanol–water partition coefficient (Wildman–Crippen LogP) is 2.96. The zero-order valence-electron chi connectivity index (χ0n) is 11.4. The maximum Gasteiger partial charge on any atom is 0.477 e. The lowest BCUT2D eigenvalue weighted by Crippen LogP contribution is -2.17. The lowest BCUT2D eigenvalue weighted by molar-refractivity contribution is -0.0386. The van der Waals surface area contributed by atoms with E-state index in [-0.39, 0.29) is 5.41 Å². The standard InChI is InChI=1S/C12H14F3N3OS/c1-7-10(11(2,3)4)17-8-5-9(16-6-18(7)8)20(19)12(13,14)15/h5-6H,1-4H3. The number of alkyl halides is 3. The van der Waals surface area contributed by atoms with Crippen LogP contribution in [-0.2, 0) is 16.2 Å². The molecule has 2 rings (SSSR count). The van der Waals surface area contributed by atoms with Crippen molar-refractivity contribution in [2.45, 2.75) is 43.6 Å². The van der Waals surface area contributed by atoms with Crippen molar-refractivity contribution in [1.29, 1.82) is 0 Å². The maximum absolute atomic E-state index is 12.4. The first kappa shape index (κ1) is 15.0. The Kier molecular flexibility index (Phi) is 3.40. The molecular formula is C12H14F3N3OS. The van der Waals surface area contributed by atoms with Gasteiger partial charge in [-0.1, -0.05) is 20.8 Å². The molecule has 0 radical (unpaired) electrons. The zero-order valence-corrected chi connectivity index (χ0v) is 12.3. The van der Waals surface area contributed by atoms with E-state index in [0.717, 1.165) is 17.5 Å². The molecule has 0 aliphatic heterocycles. The fraction of sp³-hybridized carbons (Fsp3) is 0.500. The van der Waals surface area contributed by atoms with Gasteiger partial charge in [-0.25, -0.2) is 14.2 Å². The Bertz CT molecular complexity index is 686. The van der Waals surface area contributed by atoms with Gasteiger partial charge in [0.1, 0.15) is 17.0 Å². The molecule has 0 aromatic carbocycles. The minimum atomic E-state index is -4.82. The summed E-state index contributed by atoms with van der Waals surface area (Å²) in [6, 6.07) is 1.12. The fourth-order valence-electron chi connectivity index (χ4n) is 1.98. The van der Waals surface area contributed by atoms with Crippen LogP contribution in [-0.4, -0.2) is 24.1 Å². The molecule has 8 heteroatoms. The van der Waals surface area contributed by atoms with E-state index >= 15 is 0 Å². The summed E-state index contributed by atoms with van der Waals surface area (Å²) in [7, 11) is -3.14. The van der Waals surface area contributed by atoms with Crippen LogP contribution in [0.2, 0.25) is 0 Å². The topological polar surface area (TPSA) is 47.3 Å². The van der Waals surface area contributed by atoms with Gasteiger partial charge in [-0.15, -0.1) is 0 Å². The van der Waals surface area contributed by atoms with E-state index in [1.54, 1.807) is 4.40 Å². The molecule has 2 aromatic heterocycles. The van der Waals surface area contributed by atoms with Gasteiger partial charge in [-0.2, -0.15) is 13.2 Å². The van der Waals surface area contributed by atoms with Gasteiger partial charge in [0, 0.05) is 17.2 Å². The maximum atomic E-state index is 12.4. The van der Waals surface area contributed by atoms with Crippen molar-refractivity contribution in [3.63, 3.8) is 0 Å². The summed E-state index contributed by atoms with van der Waals surface area (Å²) in [5.41, 5.74) is -3.16. The van der Waals surface area contributed by atoms with Gasteiger partial charge in [-0.3, -0.25) is 4.40 Å². The van der Waals surface area contributed by atoms with Crippen molar-refractivity contribution in [2.24, 2.45) is 0 Å². The van der Waals surface area contributed by atoms with Crippen molar-refractivity contribution in [3.8, 4) is 0 Å². The minimum Gasteiger partial charge on any atom is -0.287 e. The van der Waals surface area contributed by atoms with Crippen LogP contribution in [0.25, 0.3) is 5.65 Å². The monoisotopic (exact) mass is 305 g/mol. The highest BCUT2D eigenvalue weighted by atomic mass is 32.2. The number of hydrogen-bond acceptors (Lipinski definition) is 3. The van der Waals surface area contributed by atoms with Gasteiger partial charge >= 0.3 is 5.51 Å². The lowest BCUT2D eigenvalue weighted by atomic mass is 9.91. The lowest BCUT2D eigenvalue weighted by Gasteiger charge is -2.16. The quantitative estimate of drug-likeness (QED) is 0.761. The Balaban J connectivity index is 2.59. The predicted molar refractivity (Wildman–Crippen MR) is 68.9 cm³/mol. The van der Waals surface area contributed by atoms with Crippen LogP contribution < -0.4 is 0 Å². The second-order valence-corrected chi connectivity index (χ2v) is 6.88. The largest absolute Gasteiger partial charge is 0.477 e. The molecule has 2 heterocycles. The molecule has 0 fully saturated rings. The van der Waals surface area contributed by atoms with Crippen molar-refractivity contribution < 1.29 is 17.4 Å². The third-order valence-electron chi connectivity index (χ3n) is 2.84. The summed E-state index contributed by atoms with van der Waals surface area (Å²) in [4.78, 5) is 7.96. The highest BCUT2D eigenvalue weighted by Crippen LogP contribution is 2.28. The first-order chi connectivity index (χ1) is 9.01. The molecule has 110 valence electrons. The Hall–Kier alpha value is -1.44. The first-order valence-electron chi connectivity index (χ1n) is 5.85. The average Bonchev–Trinajstić information content (AvgIpc) is 2.64. The van der Waals surface area contributed by atoms with E-state index in [2.05, 4.69) is 9.97 Å². The molecule has 0 N–H and O–H groups in total. The van der Waals surface area contributed by atoms with Crippen LogP contribution in [0.3, 0.4) is 0 Å². The van der Waals surface area contributed by atoms with Crippen molar-refractivity contribution in [2.75, 3.05) is 0 Å². The number of halogens is 3. The number of fused-ring (bicyclic) bond motifs is 1. The molecule has 4 nitrogen and oxygen atoms in total. The van der Waals surface area contributed by atoms with Crippen LogP contribution in [0.1, 0.15) is 32.2 Å². The molecule has 1 atom stereocenters. The molecular weight excluding hydrogens is 291 g/mol. The smallest absolute Gasteiger partial charge is 0.287 e. The van der Waals surface area contributed by atoms with E-state index in [1.807, 2.05) is 27.7 Å². The number of nitrogens with zero attached hydrogens (tertiary/aromatic N) is 3. The summed E-state index contributed by atoms with van der Waals surface area (Å²) in [5.74, 6) is 0. The summed E-state index contributed by atoms with van der Waals surface area (Å²) < 4.78 is 50.2. The number of imidazole rings is 1. The normalized spacial score (nSPS) is 14.8. The van der Waals surface area contributed by atoms with E-state index in [1.165, 1.54) is 6.33 Å². The third-order valence-corrected chi connectivity index (χ3v) is 3.86. The molecule has 20 heavy (non-hydrogen) atoms. The molecule has 0 spiro atoms. The third kappa shape index (κ3) is 2.56. The van der Waals surface area contributed by atoms with E-state index in [4.69, 9.17) is 0 Å². The van der Waals surface area contributed by atoms with Crippen LogP contribution in [0, 0.1) is 6.92 Å². The first-order valence-corrected chi connectivity index (χ1v) is 7.00. The summed E-state index contributed by atoms with van der Waals surface area (Å²) in [6.45, 7) is 7.71. The molecule has 0 bridgehead atoms. The Labute approximate surface area is 116 Å². The van der Waals surface area contributed by atoms with Gasteiger partial charge in [0.2, 0.25) is 0 Å². The average molecular weight is 305 g/mol. The Morgan fingerprint density at radius 3 is 2.35 bits per heavy atom. The molecule has 0 saturated carbocycles. The Morgan fingerprint density at radius 1 is 1.25 bits per heavy atom. The number of rotatable bonds is 1. The van der Waals surface area contributed by atoms with Gasteiger partial charge in [-0.05, 0) is 6.92 Å². The van der Waals surface area contributed by atoms with E-state index in [0.29, 0.717) is 5.65 Å². The second kappa shape index (κ2) is 4.54. The SMILES string of the molecule is Cc1c(C(C)(C)C)nc2cc(S(=O)C(F)(F)F)ncn12. The highest BCUT2D eigenvalue weighted by Gasteiger charge is 2.39. The number of aryl methyl sites for hydroxylation is 1. The van der Waals surface area contributed by atoms with Gasteiger partial charge in [0.05, 0.1) is 5.69 Å². The van der Waals surface area contributed by atoms with Crippen molar-refractivity contribution in [3.05, 3.63) is 23.8 Å². The van der Waals surface area contributed by atoms with Gasteiger partial charge < -0.3 is 0 Å². The minimum absolute atomic E-state index is 0.237. The second-order valence-electron chi connectivity index (χ2n) is 5.47. The van der Waals surface area contributed by atoms with Crippen molar-refractivity contribution in [1.82, 2.24) is 14.4 Å². The summed E-state index contributed by atoms with van der Waals surface area (Å²) in [5, 5.41) is -0.532. The molecule has 0 aliphatic carbocycles. The van der Waals surface area contributed by atoms with Crippen LogP contribution in [0.15, 0.2) is 17.4 Å². The summed E-state index contributed by atoms with van der Waals surface area (Å²) in [6.07, 6.45) is 1.23.